The number of nitrogens with two attached hydrogens (primary N) is 1. The first-order valence-electron chi connectivity index (χ1n) is 10.6. The Hall–Kier alpha value is -2.40. The van der Waals surface area contributed by atoms with E-state index in [4.69, 9.17) is 17.3 Å². The van der Waals surface area contributed by atoms with Crippen molar-refractivity contribution in [3.63, 3.8) is 0 Å². The quantitative estimate of drug-likeness (QED) is 0.558. The highest BCUT2D eigenvalue weighted by molar-refractivity contribution is 7.88. The third-order valence-corrected chi connectivity index (χ3v) is 7.37. The summed E-state index contributed by atoms with van der Waals surface area (Å²) < 4.78 is 39.9. The van der Waals surface area contributed by atoms with E-state index >= 15 is 4.39 Å². The molecule has 4 rings (SSSR count). The third-order valence-electron chi connectivity index (χ3n) is 5.79. The van der Waals surface area contributed by atoms with Crippen molar-refractivity contribution in [1.82, 2.24) is 19.3 Å². The summed E-state index contributed by atoms with van der Waals surface area (Å²) in [6.45, 7) is 4.50. The van der Waals surface area contributed by atoms with E-state index in [2.05, 4.69) is 20.3 Å². The van der Waals surface area contributed by atoms with Crippen LogP contribution >= 0.6 is 11.6 Å². The SMILES string of the molecule is Cc1cc(C(C)N)c2cc(-c3nc(NC4CCN(S(C)(=O)=O)CC4)ncc3Cl)cc(F)c2n1. The van der Waals surface area contributed by atoms with E-state index in [1.165, 1.54) is 22.8 Å². The Morgan fingerprint density at radius 3 is 2.58 bits per heavy atom. The number of piperidine rings is 1. The normalized spacial score (nSPS) is 16.8. The van der Waals surface area contributed by atoms with Crippen LogP contribution in [0.5, 0.6) is 0 Å². The summed E-state index contributed by atoms with van der Waals surface area (Å²) in [5.41, 5.74) is 8.75. The zero-order valence-electron chi connectivity index (χ0n) is 18.6. The minimum atomic E-state index is -3.20. The number of nitrogens with one attached hydrogen (secondary N) is 1. The first-order chi connectivity index (χ1) is 15.5. The van der Waals surface area contributed by atoms with Crippen molar-refractivity contribution in [3.8, 4) is 11.3 Å². The zero-order chi connectivity index (χ0) is 23.9. The van der Waals surface area contributed by atoms with Crippen LogP contribution in [0.1, 0.15) is 37.1 Å². The summed E-state index contributed by atoms with van der Waals surface area (Å²) in [6.07, 6.45) is 3.94. The van der Waals surface area contributed by atoms with E-state index in [1.807, 2.05) is 13.0 Å². The third kappa shape index (κ3) is 5.08. The van der Waals surface area contributed by atoms with E-state index < -0.39 is 15.8 Å². The maximum Gasteiger partial charge on any atom is 0.223 e. The van der Waals surface area contributed by atoms with Crippen LogP contribution in [-0.2, 0) is 10.0 Å². The summed E-state index contributed by atoms with van der Waals surface area (Å²) >= 11 is 6.38. The van der Waals surface area contributed by atoms with Crippen LogP contribution in [0.3, 0.4) is 0 Å². The molecule has 3 aromatic rings. The zero-order valence-corrected chi connectivity index (χ0v) is 20.2. The van der Waals surface area contributed by atoms with Crippen molar-refractivity contribution in [1.29, 1.82) is 0 Å². The highest BCUT2D eigenvalue weighted by atomic mass is 35.5. The maximum absolute atomic E-state index is 15.0. The summed E-state index contributed by atoms with van der Waals surface area (Å²) in [4.78, 5) is 13.1. The van der Waals surface area contributed by atoms with Crippen LogP contribution in [0.2, 0.25) is 5.02 Å². The molecule has 1 aliphatic heterocycles. The second kappa shape index (κ2) is 9.09. The molecule has 3 N–H and O–H groups in total. The number of aromatic nitrogens is 3. The molecule has 0 radical (unpaired) electrons. The van der Waals surface area contributed by atoms with Gasteiger partial charge in [0.1, 0.15) is 11.3 Å². The van der Waals surface area contributed by atoms with Gasteiger partial charge in [0.25, 0.3) is 0 Å². The van der Waals surface area contributed by atoms with E-state index in [9.17, 15) is 8.42 Å². The minimum absolute atomic E-state index is 0.0160. The number of anilines is 1. The number of benzene rings is 1. The number of halogens is 2. The van der Waals surface area contributed by atoms with Crippen molar-refractivity contribution < 1.29 is 12.8 Å². The summed E-state index contributed by atoms with van der Waals surface area (Å²) in [6, 6.07) is 4.73. The second-order valence-corrected chi connectivity index (χ2v) is 10.9. The molecule has 0 spiro atoms. The van der Waals surface area contributed by atoms with E-state index in [-0.39, 0.29) is 22.6 Å². The topological polar surface area (TPSA) is 114 Å². The Bertz CT molecular complexity index is 1310. The number of pyridine rings is 1. The summed E-state index contributed by atoms with van der Waals surface area (Å²) in [5.74, 6) is -0.132. The fraction of sp³-hybridized carbons (Fsp3) is 0.409. The Morgan fingerprint density at radius 1 is 1.24 bits per heavy atom. The Kier molecular flexibility index (Phi) is 6.54. The Labute approximate surface area is 197 Å². The number of nitrogens with zero attached hydrogens (tertiary/aromatic N) is 4. The van der Waals surface area contributed by atoms with E-state index in [0.717, 1.165) is 5.56 Å². The molecular weight excluding hydrogens is 467 g/mol. The second-order valence-electron chi connectivity index (χ2n) is 8.47. The van der Waals surface area contributed by atoms with Crippen molar-refractivity contribution >= 4 is 38.5 Å². The maximum atomic E-state index is 15.0. The van der Waals surface area contributed by atoms with Gasteiger partial charge in [-0.05, 0) is 50.5 Å². The number of rotatable bonds is 5. The Morgan fingerprint density at radius 2 is 1.94 bits per heavy atom. The molecule has 3 heterocycles. The van der Waals surface area contributed by atoms with E-state index in [0.29, 0.717) is 54.2 Å². The molecule has 0 bridgehead atoms. The molecule has 1 saturated heterocycles. The molecular formula is C22H26ClFN6O2S. The summed E-state index contributed by atoms with van der Waals surface area (Å²) in [5, 5.41) is 4.15. The fourth-order valence-electron chi connectivity index (χ4n) is 4.11. The van der Waals surface area contributed by atoms with Gasteiger partial charge < -0.3 is 11.1 Å². The molecule has 2 aromatic heterocycles. The molecule has 176 valence electrons. The van der Waals surface area contributed by atoms with Crippen LogP contribution in [0, 0.1) is 12.7 Å². The number of aryl methyl sites for hydroxylation is 1. The van der Waals surface area contributed by atoms with Gasteiger partial charge in [-0.25, -0.2) is 27.1 Å². The summed E-state index contributed by atoms with van der Waals surface area (Å²) in [7, 11) is -3.20. The van der Waals surface area contributed by atoms with Gasteiger partial charge in [-0.15, -0.1) is 0 Å². The molecule has 33 heavy (non-hydrogen) atoms. The smallest absolute Gasteiger partial charge is 0.223 e. The molecule has 0 aliphatic carbocycles. The standard InChI is InChI=1S/C22H26ClFN6O2S/c1-12-8-16(13(2)25)17-9-14(10-19(24)21(17)27-12)20-18(23)11-26-22(29-20)28-15-4-6-30(7-5-15)33(3,31)32/h8-11,13,15H,4-7,25H2,1-3H3,(H,26,28,29). The number of fused-ring (bicyclic) bond motifs is 1. The van der Waals surface area contributed by atoms with Gasteiger partial charge in [-0.1, -0.05) is 11.6 Å². The first-order valence-corrected chi connectivity index (χ1v) is 12.9. The van der Waals surface area contributed by atoms with Crippen molar-refractivity contribution in [2.45, 2.75) is 38.8 Å². The molecule has 1 fully saturated rings. The fourth-order valence-corrected chi connectivity index (χ4v) is 5.19. The monoisotopic (exact) mass is 492 g/mol. The van der Waals surface area contributed by atoms with Gasteiger partial charge >= 0.3 is 0 Å². The first kappa shape index (κ1) is 23.7. The van der Waals surface area contributed by atoms with Gasteiger partial charge in [-0.2, -0.15) is 0 Å². The molecule has 1 aliphatic rings. The average molecular weight is 493 g/mol. The van der Waals surface area contributed by atoms with Gasteiger partial charge in [0, 0.05) is 41.8 Å². The predicted octanol–water partition coefficient (Wildman–Crippen LogP) is 3.65. The highest BCUT2D eigenvalue weighted by Crippen LogP contribution is 2.33. The molecule has 0 amide bonds. The van der Waals surface area contributed by atoms with Crippen LogP contribution in [0.4, 0.5) is 10.3 Å². The lowest BCUT2D eigenvalue weighted by atomic mass is 9.99. The lowest BCUT2D eigenvalue weighted by molar-refractivity contribution is 0.331. The van der Waals surface area contributed by atoms with Gasteiger partial charge in [-0.3, -0.25) is 4.98 Å². The van der Waals surface area contributed by atoms with Crippen LogP contribution in [0.25, 0.3) is 22.2 Å². The molecule has 8 nitrogen and oxygen atoms in total. The lowest BCUT2D eigenvalue weighted by Crippen LogP contribution is -2.42. The molecule has 1 unspecified atom stereocenters. The highest BCUT2D eigenvalue weighted by Gasteiger charge is 2.25. The largest absolute Gasteiger partial charge is 0.351 e. The van der Waals surface area contributed by atoms with Crippen LogP contribution < -0.4 is 11.1 Å². The number of hydrogen-bond donors (Lipinski definition) is 2. The Balaban J connectivity index is 1.66. The molecule has 11 heteroatoms. The predicted molar refractivity (Wildman–Crippen MR) is 128 cm³/mol. The van der Waals surface area contributed by atoms with Gasteiger partial charge in [0.2, 0.25) is 16.0 Å². The molecule has 1 atom stereocenters. The van der Waals surface area contributed by atoms with Crippen molar-refractivity contribution in [2.24, 2.45) is 5.73 Å². The molecule has 1 aromatic carbocycles. The minimum Gasteiger partial charge on any atom is -0.351 e. The van der Waals surface area contributed by atoms with E-state index in [1.54, 1.807) is 13.0 Å². The van der Waals surface area contributed by atoms with Crippen molar-refractivity contribution in [3.05, 3.63) is 46.5 Å². The average Bonchev–Trinajstić information content (AvgIpc) is 2.74. The van der Waals surface area contributed by atoms with Crippen LogP contribution in [-0.4, -0.2) is 53.1 Å². The number of sulfonamides is 1. The molecule has 0 saturated carbocycles. The number of hydrogen-bond acceptors (Lipinski definition) is 7. The van der Waals surface area contributed by atoms with Gasteiger partial charge in [0.05, 0.1) is 23.2 Å². The van der Waals surface area contributed by atoms with Crippen molar-refractivity contribution in [2.75, 3.05) is 24.7 Å². The van der Waals surface area contributed by atoms with Crippen LogP contribution in [0.15, 0.2) is 24.4 Å². The lowest BCUT2D eigenvalue weighted by Gasteiger charge is -2.30. The van der Waals surface area contributed by atoms with Gasteiger partial charge in [0.15, 0.2) is 0 Å².